The number of carbonyl (C=O) groups is 1. The predicted octanol–water partition coefficient (Wildman–Crippen LogP) is 4.38. The smallest absolute Gasteiger partial charge is 0.334 e. The zero-order chi connectivity index (χ0) is 19.0. The van der Waals surface area contributed by atoms with Gasteiger partial charge in [-0.15, -0.1) is 0 Å². The molecular formula is C21H17BrN2O3. The number of nitrogens with zero attached hydrogens (tertiary/aromatic N) is 2. The van der Waals surface area contributed by atoms with Crippen molar-refractivity contribution < 1.29 is 14.3 Å². The molecule has 0 N–H and O–H groups in total. The maximum Gasteiger partial charge on any atom is 0.334 e. The van der Waals surface area contributed by atoms with Gasteiger partial charge in [-0.25, -0.2) is 4.79 Å². The molecular weight excluding hydrogens is 408 g/mol. The van der Waals surface area contributed by atoms with E-state index < -0.39 is 5.97 Å². The summed E-state index contributed by atoms with van der Waals surface area (Å²) in [5, 5.41) is 9.92. The van der Waals surface area contributed by atoms with Gasteiger partial charge in [0.25, 0.3) is 0 Å². The summed E-state index contributed by atoms with van der Waals surface area (Å²) in [5.74, 6) is 0.367. The third-order valence-electron chi connectivity index (χ3n) is 4.89. The molecule has 1 aromatic heterocycles. The average Bonchev–Trinajstić information content (AvgIpc) is 3.24. The average molecular weight is 425 g/mol. The lowest BCUT2D eigenvalue weighted by molar-refractivity contribution is -0.137. The molecule has 0 saturated carbocycles. The molecule has 0 amide bonds. The number of nitriles is 1. The van der Waals surface area contributed by atoms with Gasteiger partial charge < -0.3 is 14.0 Å². The molecule has 2 aliphatic rings. The number of esters is 1. The third-order valence-corrected chi connectivity index (χ3v) is 5.42. The Balaban J connectivity index is 1.86. The third kappa shape index (κ3) is 3.08. The summed E-state index contributed by atoms with van der Waals surface area (Å²) in [5.41, 5.74) is 2.44. The predicted molar refractivity (Wildman–Crippen MR) is 103 cm³/mol. The Bertz CT molecular complexity index is 995. The van der Waals surface area contributed by atoms with Crippen molar-refractivity contribution in [2.24, 2.45) is 5.92 Å². The molecule has 27 heavy (non-hydrogen) atoms. The molecule has 4 rings (SSSR count). The molecule has 0 saturated heterocycles. The highest BCUT2D eigenvalue weighted by molar-refractivity contribution is 9.10. The fraction of sp³-hybridized carbons (Fsp3) is 0.238. The summed E-state index contributed by atoms with van der Waals surface area (Å²) in [6, 6.07) is 13.9. The van der Waals surface area contributed by atoms with Crippen LogP contribution in [-0.4, -0.2) is 17.1 Å². The number of ether oxygens (including phenoxy) is 2. The summed E-state index contributed by atoms with van der Waals surface area (Å²) < 4.78 is 14.3. The van der Waals surface area contributed by atoms with Gasteiger partial charge in [0.15, 0.2) is 0 Å². The van der Waals surface area contributed by atoms with Gasteiger partial charge in [-0.05, 0) is 31.2 Å². The lowest BCUT2D eigenvalue weighted by Crippen LogP contribution is -2.22. The summed E-state index contributed by atoms with van der Waals surface area (Å²) >= 11 is 3.43. The number of hydrogen-bond donors (Lipinski definition) is 0. The van der Waals surface area contributed by atoms with Crippen molar-refractivity contribution in [1.29, 1.82) is 5.26 Å². The van der Waals surface area contributed by atoms with Gasteiger partial charge in [-0.2, -0.15) is 5.26 Å². The van der Waals surface area contributed by atoms with Crippen LogP contribution in [0.4, 0.5) is 0 Å². The van der Waals surface area contributed by atoms with Gasteiger partial charge >= 0.3 is 5.97 Å². The number of hydrogen-bond acceptors (Lipinski definition) is 4. The lowest BCUT2D eigenvalue weighted by atomic mass is 9.81. The summed E-state index contributed by atoms with van der Waals surface area (Å²) in [6.07, 6.45) is 3.41. The minimum atomic E-state index is -0.432. The number of carbonyl (C=O) groups excluding carboxylic acids is 1. The summed E-state index contributed by atoms with van der Waals surface area (Å²) in [4.78, 5) is 12.1. The second kappa shape index (κ2) is 7.09. The zero-order valence-corrected chi connectivity index (χ0v) is 16.3. The van der Waals surface area contributed by atoms with E-state index in [4.69, 9.17) is 9.47 Å². The monoisotopic (exact) mass is 424 g/mol. The fourth-order valence-corrected chi connectivity index (χ4v) is 4.03. The molecule has 0 fully saturated rings. The van der Waals surface area contributed by atoms with Crippen LogP contribution >= 0.6 is 15.9 Å². The van der Waals surface area contributed by atoms with Gasteiger partial charge in [-0.1, -0.05) is 28.1 Å². The van der Waals surface area contributed by atoms with E-state index in [0.29, 0.717) is 30.2 Å². The maximum absolute atomic E-state index is 12.1. The molecule has 6 heteroatoms. The van der Waals surface area contributed by atoms with Crippen LogP contribution in [0.1, 0.15) is 24.1 Å². The quantitative estimate of drug-likeness (QED) is 0.541. The van der Waals surface area contributed by atoms with Crippen molar-refractivity contribution in [2.75, 3.05) is 6.61 Å². The first-order valence-electron chi connectivity index (χ1n) is 8.73. The second-order valence-electron chi connectivity index (χ2n) is 6.43. The first kappa shape index (κ1) is 17.6. The molecule has 2 atom stereocenters. The van der Waals surface area contributed by atoms with Crippen LogP contribution in [0, 0.1) is 17.2 Å². The Morgan fingerprint density at radius 3 is 2.89 bits per heavy atom. The Labute approximate surface area is 165 Å². The van der Waals surface area contributed by atoms with Crippen molar-refractivity contribution >= 4 is 27.7 Å². The van der Waals surface area contributed by atoms with Gasteiger partial charge in [0.1, 0.15) is 11.5 Å². The van der Waals surface area contributed by atoms with Crippen LogP contribution < -0.4 is 0 Å². The number of benzene rings is 1. The van der Waals surface area contributed by atoms with E-state index >= 15 is 0 Å². The first-order chi connectivity index (χ1) is 13.1. The molecule has 0 radical (unpaired) electrons. The maximum atomic E-state index is 12.1. The van der Waals surface area contributed by atoms with Crippen LogP contribution in [0.25, 0.3) is 5.76 Å². The lowest BCUT2D eigenvalue weighted by Gasteiger charge is -2.30. The molecule has 0 aliphatic carbocycles. The van der Waals surface area contributed by atoms with E-state index in [1.54, 1.807) is 6.92 Å². The van der Waals surface area contributed by atoms with Gasteiger partial charge in [0.05, 0.1) is 24.3 Å². The fourth-order valence-electron chi connectivity index (χ4n) is 3.76. The molecule has 2 aromatic rings. The Morgan fingerprint density at radius 2 is 2.19 bits per heavy atom. The minimum Gasteiger partial charge on any atom is -0.463 e. The van der Waals surface area contributed by atoms with Crippen LogP contribution in [0.2, 0.25) is 0 Å². The van der Waals surface area contributed by atoms with Crippen molar-refractivity contribution in [1.82, 2.24) is 4.57 Å². The highest BCUT2D eigenvalue weighted by atomic mass is 79.9. The molecule has 0 bridgehead atoms. The second-order valence-corrected chi connectivity index (χ2v) is 7.35. The summed E-state index contributed by atoms with van der Waals surface area (Å²) in [7, 11) is 0. The number of rotatable bonds is 3. The SMILES string of the molecule is CCOC(=O)/C=C1/OC(c2ccc(Br)cc2)=C(C#N)[C@@H]2c3cccn3C[C@H]12. The van der Waals surface area contributed by atoms with Gasteiger partial charge in [-0.3, -0.25) is 0 Å². The number of fused-ring (bicyclic) bond motifs is 3. The molecule has 0 unspecified atom stereocenters. The molecule has 3 heterocycles. The normalized spacial score (nSPS) is 22.0. The summed E-state index contributed by atoms with van der Waals surface area (Å²) in [6.45, 7) is 2.73. The van der Waals surface area contributed by atoms with Crippen molar-refractivity contribution in [3.05, 3.63) is 75.7 Å². The van der Waals surface area contributed by atoms with E-state index in [-0.39, 0.29) is 11.8 Å². The van der Waals surface area contributed by atoms with Gasteiger partial charge in [0.2, 0.25) is 0 Å². The van der Waals surface area contributed by atoms with E-state index in [2.05, 4.69) is 26.6 Å². The van der Waals surface area contributed by atoms with Crippen molar-refractivity contribution in [3.63, 3.8) is 0 Å². The highest BCUT2D eigenvalue weighted by Gasteiger charge is 2.44. The number of aromatic nitrogens is 1. The Kier molecular flexibility index (Phi) is 4.63. The Morgan fingerprint density at radius 1 is 1.41 bits per heavy atom. The number of halogens is 1. The van der Waals surface area contributed by atoms with Crippen LogP contribution in [0.15, 0.2) is 64.5 Å². The van der Waals surface area contributed by atoms with E-state index in [0.717, 1.165) is 15.7 Å². The molecule has 2 aliphatic heterocycles. The van der Waals surface area contributed by atoms with Crippen molar-refractivity contribution in [2.45, 2.75) is 19.4 Å². The minimum absolute atomic E-state index is 0.0977. The van der Waals surface area contributed by atoms with Crippen LogP contribution in [0.3, 0.4) is 0 Å². The largest absolute Gasteiger partial charge is 0.463 e. The highest BCUT2D eigenvalue weighted by Crippen LogP contribution is 2.50. The molecule has 0 spiro atoms. The van der Waals surface area contributed by atoms with Crippen LogP contribution in [0.5, 0.6) is 0 Å². The van der Waals surface area contributed by atoms with Crippen LogP contribution in [-0.2, 0) is 20.8 Å². The topological polar surface area (TPSA) is 64.2 Å². The van der Waals surface area contributed by atoms with E-state index in [1.165, 1.54) is 6.08 Å². The van der Waals surface area contributed by atoms with Crippen molar-refractivity contribution in [3.8, 4) is 6.07 Å². The molecule has 5 nitrogen and oxygen atoms in total. The van der Waals surface area contributed by atoms with E-state index in [1.807, 2.05) is 42.6 Å². The number of allylic oxidation sites excluding steroid dienone is 2. The Hall–Kier alpha value is -2.78. The zero-order valence-electron chi connectivity index (χ0n) is 14.7. The van der Waals surface area contributed by atoms with E-state index in [9.17, 15) is 10.1 Å². The first-order valence-corrected chi connectivity index (χ1v) is 9.53. The molecule has 136 valence electrons. The molecule has 1 aromatic carbocycles. The standard InChI is InChI=1S/C21H17BrN2O3/c1-2-26-19(25)10-18-16-12-24-9-3-4-17(24)20(16)15(11-23)21(27-18)13-5-7-14(22)8-6-13/h3-10,16,20H,2,12H2,1H3/b18-10+/t16-,20+/m1/s1. The van der Waals surface area contributed by atoms with Gasteiger partial charge in [0, 0.05) is 40.3 Å².